The second kappa shape index (κ2) is 5.88. The molecule has 122 valence electrons. The van der Waals surface area contributed by atoms with E-state index in [1.54, 1.807) is 12.1 Å². The number of hydrogen-bond donors (Lipinski definition) is 0. The number of anilines is 1. The van der Waals surface area contributed by atoms with E-state index in [-0.39, 0.29) is 5.70 Å². The zero-order chi connectivity index (χ0) is 17.4. The summed E-state index contributed by atoms with van der Waals surface area (Å²) in [4.78, 5) is 26.7. The Hall–Kier alpha value is -3.02. The molecule has 0 unspecified atom stereocenters. The standard InChI is InChI=1S/C18H14F2N2O2/c1-11-3-5-12(6-4-11)9-16-17(23)22(18(24)21(16)2)15-10-13(19)7-8-14(15)20/h3-10H,1-2H3/b16-9-. The number of halogens is 2. The molecule has 1 aliphatic rings. The zero-order valence-electron chi connectivity index (χ0n) is 13.1. The Morgan fingerprint density at radius 1 is 1.00 bits per heavy atom. The van der Waals surface area contributed by atoms with Gasteiger partial charge in [0.2, 0.25) is 0 Å². The summed E-state index contributed by atoms with van der Waals surface area (Å²) < 4.78 is 27.3. The molecule has 2 aromatic rings. The van der Waals surface area contributed by atoms with E-state index < -0.39 is 29.3 Å². The van der Waals surface area contributed by atoms with Gasteiger partial charge in [0.05, 0.1) is 5.69 Å². The lowest BCUT2D eigenvalue weighted by atomic mass is 10.1. The Balaban J connectivity index is 2.03. The van der Waals surface area contributed by atoms with Crippen LogP contribution in [0.3, 0.4) is 0 Å². The highest BCUT2D eigenvalue weighted by Crippen LogP contribution is 2.30. The average Bonchev–Trinajstić information content (AvgIpc) is 2.76. The number of nitrogens with zero attached hydrogens (tertiary/aromatic N) is 2. The van der Waals surface area contributed by atoms with Gasteiger partial charge in [-0.2, -0.15) is 0 Å². The number of carbonyl (C=O) groups excluding carboxylic acids is 2. The van der Waals surface area contributed by atoms with Crippen LogP contribution in [0.1, 0.15) is 11.1 Å². The van der Waals surface area contributed by atoms with Crippen LogP contribution >= 0.6 is 0 Å². The largest absolute Gasteiger partial charge is 0.336 e. The van der Waals surface area contributed by atoms with Gasteiger partial charge in [-0.05, 0) is 30.7 Å². The fourth-order valence-corrected chi connectivity index (χ4v) is 2.45. The number of urea groups is 1. The normalized spacial score (nSPS) is 16.4. The second-order valence-corrected chi connectivity index (χ2v) is 5.52. The number of aryl methyl sites for hydroxylation is 1. The van der Waals surface area contributed by atoms with Crippen LogP contribution in [0, 0.1) is 18.6 Å². The van der Waals surface area contributed by atoms with Crippen molar-refractivity contribution in [1.29, 1.82) is 0 Å². The zero-order valence-corrected chi connectivity index (χ0v) is 13.1. The minimum Gasteiger partial charge on any atom is -0.292 e. The molecule has 0 spiro atoms. The first-order valence-corrected chi connectivity index (χ1v) is 7.24. The van der Waals surface area contributed by atoms with E-state index >= 15 is 0 Å². The molecule has 0 N–H and O–H groups in total. The van der Waals surface area contributed by atoms with Gasteiger partial charge < -0.3 is 0 Å². The van der Waals surface area contributed by atoms with Crippen molar-refractivity contribution in [2.45, 2.75) is 6.92 Å². The van der Waals surface area contributed by atoms with E-state index in [0.717, 1.165) is 34.2 Å². The van der Waals surface area contributed by atoms with Crippen molar-refractivity contribution in [3.8, 4) is 0 Å². The third-order valence-corrected chi connectivity index (χ3v) is 3.79. The van der Waals surface area contributed by atoms with Gasteiger partial charge in [-0.25, -0.2) is 18.5 Å². The smallest absolute Gasteiger partial charge is 0.292 e. The maximum absolute atomic E-state index is 13.9. The van der Waals surface area contributed by atoms with Gasteiger partial charge in [0.1, 0.15) is 17.3 Å². The molecule has 24 heavy (non-hydrogen) atoms. The SMILES string of the molecule is Cc1ccc(/C=C2/C(=O)N(c3cc(F)ccc3F)C(=O)N2C)cc1. The highest BCUT2D eigenvalue weighted by molar-refractivity contribution is 6.28. The summed E-state index contributed by atoms with van der Waals surface area (Å²) >= 11 is 0. The summed E-state index contributed by atoms with van der Waals surface area (Å²) in [5.74, 6) is -2.28. The third kappa shape index (κ3) is 2.67. The molecule has 1 fully saturated rings. The molecule has 4 nitrogen and oxygen atoms in total. The van der Waals surface area contributed by atoms with Crippen LogP contribution in [-0.4, -0.2) is 23.9 Å². The first kappa shape index (κ1) is 15.9. The van der Waals surface area contributed by atoms with Crippen molar-refractivity contribution in [3.63, 3.8) is 0 Å². The van der Waals surface area contributed by atoms with Gasteiger partial charge in [0, 0.05) is 13.1 Å². The molecule has 1 heterocycles. The molecule has 3 amide bonds. The number of hydrogen-bond acceptors (Lipinski definition) is 2. The number of carbonyl (C=O) groups is 2. The van der Waals surface area contributed by atoms with Gasteiger partial charge in [0.25, 0.3) is 5.91 Å². The number of amides is 3. The molecule has 0 saturated carbocycles. The van der Waals surface area contributed by atoms with Crippen LogP contribution in [0.4, 0.5) is 19.3 Å². The van der Waals surface area contributed by atoms with Crippen LogP contribution in [0.5, 0.6) is 0 Å². The first-order valence-electron chi connectivity index (χ1n) is 7.24. The number of likely N-dealkylation sites (N-methyl/N-ethyl adjacent to an activating group) is 1. The lowest BCUT2D eigenvalue weighted by molar-refractivity contribution is -0.114. The minimum atomic E-state index is -0.844. The number of rotatable bonds is 2. The molecule has 0 radical (unpaired) electrons. The predicted molar refractivity (Wildman–Crippen MR) is 86.2 cm³/mol. The summed E-state index contributed by atoms with van der Waals surface area (Å²) in [6.07, 6.45) is 1.54. The summed E-state index contributed by atoms with van der Waals surface area (Å²) in [7, 11) is 1.41. The van der Waals surface area contributed by atoms with E-state index in [2.05, 4.69) is 0 Å². The Bertz CT molecular complexity index is 860. The van der Waals surface area contributed by atoms with Crippen molar-refractivity contribution in [3.05, 3.63) is 70.9 Å². The minimum absolute atomic E-state index is 0.0903. The maximum atomic E-state index is 13.9. The molecule has 1 saturated heterocycles. The first-order chi connectivity index (χ1) is 11.4. The summed E-state index contributed by atoms with van der Waals surface area (Å²) in [6, 6.07) is 9.26. The van der Waals surface area contributed by atoms with Crippen molar-refractivity contribution >= 4 is 23.7 Å². The molecule has 0 aromatic heterocycles. The molecule has 0 aliphatic carbocycles. The average molecular weight is 328 g/mol. The van der Waals surface area contributed by atoms with Crippen LogP contribution in [-0.2, 0) is 4.79 Å². The highest BCUT2D eigenvalue weighted by Gasteiger charge is 2.41. The van der Waals surface area contributed by atoms with Crippen molar-refractivity contribution in [2.75, 3.05) is 11.9 Å². The topological polar surface area (TPSA) is 40.6 Å². The number of benzene rings is 2. The fourth-order valence-electron chi connectivity index (χ4n) is 2.45. The molecule has 0 bridgehead atoms. The van der Waals surface area contributed by atoms with Gasteiger partial charge in [0.15, 0.2) is 0 Å². The molecule has 6 heteroatoms. The molecule has 3 rings (SSSR count). The summed E-state index contributed by atoms with van der Waals surface area (Å²) in [5, 5.41) is 0. The fraction of sp³-hybridized carbons (Fsp3) is 0.111. The molecular formula is C18H14F2N2O2. The van der Waals surface area contributed by atoms with Gasteiger partial charge in [-0.1, -0.05) is 29.8 Å². The predicted octanol–water partition coefficient (Wildman–Crippen LogP) is 3.71. The van der Waals surface area contributed by atoms with E-state index in [1.807, 2.05) is 19.1 Å². The van der Waals surface area contributed by atoms with Crippen LogP contribution in [0.2, 0.25) is 0 Å². The Morgan fingerprint density at radius 2 is 1.67 bits per heavy atom. The molecular weight excluding hydrogens is 314 g/mol. The second-order valence-electron chi connectivity index (χ2n) is 5.52. The van der Waals surface area contributed by atoms with E-state index in [4.69, 9.17) is 0 Å². The highest BCUT2D eigenvalue weighted by atomic mass is 19.1. The van der Waals surface area contributed by atoms with Crippen LogP contribution < -0.4 is 4.90 Å². The lowest BCUT2D eigenvalue weighted by Crippen LogP contribution is -2.32. The van der Waals surface area contributed by atoms with E-state index in [0.29, 0.717) is 4.90 Å². The van der Waals surface area contributed by atoms with Crippen molar-refractivity contribution < 1.29 is 18.4 Å². The van der Waals surface area contributed by atoms with Crippen LogP contribution in [0.15, 0.2) is 48.2 Å². The summed E-state index contributed by atoms with van der Waals surface area (Å²) in [6.45, 7) is 1.93. The van der Waals surface area contributed by atoms with Gasteiger partial charge >= 0.3 is 6.03 Å². The van der Waals surface area contributed by atoms with Crippen molar-refractivity contribution in [2.24, 2.45) is 0 Å². The maximum Gasteiger partial charge on any atom is 0.336 e. The Labute approximate surface area is 137 Å². The molecule has 2 aromatic carbocycles. The summed E-state index contributed by atoms with van der Waals surface area (Å²) in [5.41, 5.74) is 1.48. The van der Waals surface area contributed by atoms with E-state index in [9.17, 15) is 18.4 Å². The van der Waals surface area contributed by atoms with Gasteiger partial charge in [-0.15, -0.1) is 0 Å². The van der Waals surface area contributed by atoms with Gasteiger partial charge in [-0.3, -0.25) is 9.69 Å². The number of imide groups is 1. The Morgan fingerprint density at radius 3 is 2.33 bits per heavy atom. The molecule has 0 atom stereocenters. The van der Waals surface area contributed by atoms with E-state index in [1.165, 1.54) is 13.1 Å². The van der Waals surface area contributed by atoms with Crippen LogP contribution in [0.25, 0.3) is 6.08 Å². The monoisotopic (exact) mass is 328 g/mol. The Kier molecular flexibility index (Phi) is 3.89. The van der Waals surface area contributed by atoms with Crippen molar-refractivity contribution in [1.82, 2.24) is 4.90 Å². The molecule has 1 aliphatic heterocycles. The third-order valence-electron chi connectivity index (χ3n) is 3.79. The quantitative estimate of drug-likeness (QED) is 0.623. The lowest BCUT2D eigenvalue weighted by Gasteiger charge is -2.14.